The molecule has 1 aromatic carbocycles. The van der Waals surface area contributed by atoms with Crippen LogP contribution < -0.4 is 4.74 Å². The van der Waals surface area contributed by atoms with Crippen molar-refractivity contribution >= 4 is 9.84 Å². The van der Waals surface area contributed by atoms with Crippen molar-refractivity contribution < 1.29 is 13.2 Å². The first-order valence-corrected chi connectivity index (χ1v) is 10.9. The highest BCUT2D eigenvalue weighted by Gasteiger charge is 2.22. The third-order valence-electron chi connectivity index (χ3n) is 5.06. The van der Waals surface area contributed by atoms with Crippen molar-refractivity contribution in [1.29, 1.82) is 0 Å². The van der Waals surface area contributed by atoms with Crippen molar-refractivity contribution in [3.63, 3.8) is 0 Å². The summed E-state index contributed by atoms with van der Waals surface area (Å²) in [7, 11) is -0.668. The number of nitrogens with zero attached hydrogens (tertiary/aromatic N) is 3. The molecule has 0 radical (unpaired) electrons. The molecule has 140 valence electrons. The highest BCUT2D eigenvalue weighted by molar-refractivity contribution is 7.91. The third kappa shape index (κ3) is 5.67. The second-order valence-electron chi connectivity index (χ2n) is 7.03. The number of piperazine rings is 1. The topological polar surface area (TPSA) is 53.1 Å². The Bertz CT molecular complexity index is 643. The normalized spacial score (nSPS) is 22.8. The number of benzene rings is 1. The van der Waals surface area contributed by atoms with Crippen molar-refractivity contribution in [2.75, 3.05) is 71.0 Å². The molecule has 2 fully saturated rings. The highest BCUT2D eigenvalue weighted by Crippen LogP contribution is 2.21. The highest BCUT2D eigenvalue weighted by atomic mass is 32.2. The predicted octanol–water partition coefficient (Wildman–Crippen LogP) is 0.543. The van der Waals surface area contributed by atoms with E-state index in [1.807, 2.05) is 18.2 Å². The molecule has 2 saturated heterocycles. The van der Waals surface area contributed by atoms with Gasteiger partial charge < -0.3 is 9.64 Å². The van der Waals surface area contributed by atoms with Crippen molar-refractivity contribution in [1.82, 2.24) is 14.7 Å². The molecule has 1 aromatic rings. The van der Waals surface area contributed by atoms with Gasteiger partial charge in [-0.25, -0.2) is 8.42 Å². The van der Waals surface area contributed by atoms with Crippen molar-refractivity contribution in [3.8, 4) is 5.75 Å². The molecular weight excluding hydrogens is 338 g/mol. The zero-order valence-corrected chi connectivity index (χ0v) is 15.9. The summed E-state index contributed by atoms with van der Waals surface area (Å²) < 4.78 is 29.2. The van der Waals surface area contributed by atoms with Gasteiger partial charge in [0.05, 0.1) is 11.5 Å². The summed E-state index contributed by atoms with van der Waals surface area (Å²) in [6.07, 6.45) is 0. The molecule has 25 heavy (non-hydrogen) atoms. The van der Waals surface area contributed by atoms with Gasteiger partial charge in [-0.15, -0.1) is 0 Å². The summed E-state index contributed by atoms with van der Waals surface area (Å²) in [5.74, 6) is 1.45. The zero-order chi connectivity index (χ0) is 17.7. The second-order valence-corrected chi connectivity index (χ2v) is 9.33. The van der Waals surface area contributed by atoms with E-state index in [-0.39, 0.29) is 11.5 Å². The summed E-state index contributed by atoms with van der Waals surface area (Å²) in [4.78, 5) is 6.99. The van der Waals surface area contributed by atoms with Gasteiger partial charge in [0.1, 0.15) is 12.4 Å². The number of hydrogen-bond acceptors (Lipinski definition) is 6. The molecule has 0 unspecified atom stereocenters. The van der Waals surface area contributed by atoms with Gasteiger partial charge in [-0.1, -0.05) is 18.2 Å². The van der Waals surface area contributed by atoms with Gasteiger partial charge >= 0.3 is 0 Å². The maximum Gasteiger partial charge on any atom is 0.152 e. The van der Waals surface area contributed by atoms with Crippen LogP contribution in [0.25, 0.3) is 0 Å². The lowest BCUT2D eigenvalue weighted by Crippen LogP contribution is -2.45. The first kappa shape index (κ1) is 18.6. The van der Waals surface area contributed by atoms with E-state index in [0.717, 1.165) is 50.6 Å². The molecule has 3 rings (SSSR count). The van der Waals surface area contributed by atoms with E-state index in [2.05, 4.69) is 27.8 Å². The van der Waals surface area contributed by atoms with E-state index >= 15 is 0 Å². The summed E-state index contributed by atoms with van der Waals surface area (Å²) >= 11 is 0. The fourth-order valence-corrected chi connectivity index (χ4v) is 4.56. The van der Waals surface area contributed by atoms with E-state index in [9.17, 15) is 8.42 Å². The van der Waals surface area contributed by atoms with Gasteiger partial charge in [-0.2, -0.15) is 0 Å². The minimum absolute atomic E-state index is 0.263. The maximum atomic E-state index is 11.6. The Hall–Kier alpha value is -1.15. The van der Waals surface area contributed by atoms with E-state index < -0.39 is 9.84 Å². The average molecular weight is 368 g/mol. The SMILES string of the molecule is CN1CCN(CCOc2ccccc2CN2CCS(=O)(=O)CC2)CC1. The van der Waals surface area contributed by atoms with Gasteiger partial charge in [-0.3, -0.25) is 9.80 Å². The Kier molecular flexibility index (Phi) is 6.33. The minimum Gasteiger partial charge on any atom is -0.492 e. The molecule has 6 nitrogen and oxygen atoms in total. The van der Waals surface area contributed by atoms with Gasteiger partial charge in [0, 0.05) is 57.9 Å². The Morgan fingerprint density at radius 1 is 0.960 bits per heavy atom. The van der Waals surface area contributed by atoms with Crippen molar-refractivity contribution in [3.05, 3.63) is 29.8 Å². The van der Waals surface area contributed by atoms with Crippen LogP contribution in [0, 0.1) is 0 Å². The molecule has 2 aliphatic rings. The lowest BCUT2D eigenvalue weighted by molar-refractivity contribution is 0.133. The number of sulfone groups is 1. The van der Waals surface area contributed by atoms with E-state index in [1.165, 1.54) is 0 Å². The lowest BCUT2D eigenvalue weighted by Gasteiger charge is -2.32. The molecular formula is C18H29N3O3S. The largest absolute Gasteiger partial charge is 0.492 e. The summed E-state index contributed by atoms with van der Waals surface area (Å²) in [5.41, 5.74) is 1.14. The van der Waals surface area contributed by atoms with Gasteiger partial charge in [-0.05, 0) is 13.1 Å². The average Bonchev–Trinajstić information content (AvgIpc) is 2.60. The molecule has 2 heterocycles. The predicted molar refractivity (Wildman–Crippen MR) is 99.8 cm³/mol. The maximum absolute atomic E-state index is 11.6. The molecule has 0 aromatic heterocycles. The second kappa shape index (κ2) is 8.49. The van der Waals surface area contributed by atoms with E-state index in [4.69, 9.17) is 4.74 Å². The van der Waals surface area contributed by atoms with Crippen LogP contribution in [0.2, 0.25) is 0 Å². The first-order valence-electron chi connectivity index (χ1n) is 9.06. The van der Waals surface area contributed by atoms with Crippen LogP contribution in [-0.4, -0.2) is 94.1 Å². The molecule has 0 saturated carbocycles. The first-order chi connectivity index (χ1) is 12.0. The molecule has 0 atom stereocenters. The van der Waals surface area contributed by atoms with Gasteiger partial charge in [0.15, 0.2) is 9.84 Å². The third-order valence-corrected chi connectivity index (χ3v) is 6.67. The van der Waals surface area contributed by atoms with Crippen LogP contribution in [0.15, 0.2) is 24.3 Å². The lowest BCUT2D eigenvalue weighted by atomic mass is 10.2. The Balaban J connectivity index is 1.49. The molecule has 0 spiro atoms. The van der Waals surface area contributed by atoms with E-state index in [0.29, 0.717) is 19.7 Å². The summed E-state index contributed by atoms with van der Waals surface area (Å²) in [6, 6.07) is 8.10. The Morgan fingerprint density at radius 2 is 1.64 bits per heavy atom. The molecule has 2 aliphatic heterocycles. The molecule has 7 heteroatoms. The quantitative estimate of drug-likeness (QED) is 0.732. The van der Waals surface area contributed by atoms with Crippen LogP contribution >= 0.6 is 0 Å². The molecule has 0 amide bonds. The number of para-hydroxylation sites is 1. The molecule has 0 aliphatic carbocycles. The zero-order valence-electron chi connectivity index (χ0n) is 15.1. The van der Waals surface area contributed by atoms with E-state index in [1.54, 1.807) is 0 Å². The fourth-order valence-electron chi connectivity index (χ4n) is 3.28. The Labute approximate surface area is 151 Å². The smallest absolute Gasteiger partial charge is 0.152 e. The molecule has 0 N–H and O–H groups in total. The summed E-state index contributed by atoms with van der Waals surface area (Å²) in [5, 5.41) is 0. The van der Waals surface area contributed by atoms with Crippen LogP contribution in [0.4, 0.5) is 0 Å². The van der Waals surface area contributed by atoms with Crippen LogP contribution in [-0.2, 0) is 16.4 Å². The summed E-state index contributed by atoms with van der Waals surface area (Å²) in [6.45, 7) is 8.05. The number of likely N-dealkylation sites (N-methyl/N-ethyl adjacent to an activating group) is 1. The van der Waals surface area contributed by atoms with Crippen molar-refractivity contribution in [2.45, 2.75) is 6.54 Å². The van der Waals surface area contributed by atoms with Crippen LogP contribution in [0.1, 0.15) is 5.56 Å². The fraction of sp³-hybridized carbons (Fsp3) is 0.667. The minimum atomic E-state index is -2.83. The van der Waals surface area contributed by atoms with Gasteiger partial charge in [0.25, 0.3) is 0 Å². The van der Waals surface area contributed by atoms with Crippen molar-refractivity contribution in [2.24, 2.45) is 0 Å². The Morgan fingerprint density at radius 3 is 2.36 bits per heavy atom. The number of rotatable bonds is 6. The van der Waals surface area contributed by atoms with Gasteiger partial charge in [0.2, 0.25) is 0 Å². The number of hydrogen-bond donors (Lipinski definition) is 0. The molecule has 0 bridgehead atoms. The van der Waals surface area contributed by atoms with Crippen LogP contribution in [0.5, 0.6) is 5.75 Å². The standard InChI is InChI=1S/C18H29N3O3S/c1-19-6-8-20(9-7-19)10-13-24-18-5-3-2-4-17(18)16-21-11-14-25(22,23)15-12-21/h2-5H,6-16H2,1H3. The monoisotopic (exact) mass is 367 g/mol. The van der Waals surface area contributed by atoms with Crippen LogP contribution in [0.3, 0.4) is 0 Å². The number of ether oxygens (including phenoxy) is 1.